The molecule has 4 rings (SSSR count). The van der Waals surface area contributed by atoms with Crippen LogP contribution in [0.4, 0.5) is 11.4 Å². The molecule has 2 aromatic carbocycles. The van der Waals surface area contributed by atoms with Gasteiger partial charge in [-0.3, -0.25) is 4.79 Å². The molecule has 1 aliphatic heterocycles. The number of anilines is 2. The lowest BCUT2D eigenvalue weighted by atomic mass is 10.1. The summed E-state index contributed by atoms with van der Waals surface area (Å²) in [5.41, 5.74) is 3.63. The van der Waals surface area contributed by atoms with Crippen molar-refractivity contribution in [3.63, 3.8) is 0 Å². The van der Waals surface area contributed by atoms with Gasteiger partial charge >= 0.3 is 0 Å². The molecular weight excluding hydrogens is 446 g/mol. The van der Waals surface area contributed by atoms with Gasteiger partial charge in [0.2, 0.25) is 15.9 Å². The lowest BCUT2D eigenvalue weighted by Crippen LogP contribution is -2.43. The molecule has 10 heteroatoms. The van der Waals surface area contributed by atoms with Crippen LogP contribution < -0.4 is 10.2 Å². The number of hydrogen-bond acceptors (Lipinski definition) is 7. The number of sulfonamides is 1. The van der Waals surface area contributed by atoms with E-state index in [0.717, 1.165) is 36.1 Å². The largest absolute Gasteiger partial charge is 0.372 e. The molecule has 1 fully saturated rings. The second-order valence-electron chi connectivity index (χ2n) is 7.82. The van der Waals surface area contributed by atoms with Gasteiger partial charge in [0.15, 0.2) is 0 Å². The molecule has 0 unspecified atom stereocenters. The summed E-state index contributed by atoms with van der Waals surface area (Å²) in [6.07, 6.45) is 1.11. The van der Waals surface area contributed by atoms with Crippen LogP contribution in [0.1, 0.15) is 32.3 Å². The number of fused-ring (bicyclic) bond motifs is 1. The number of rotatable bonds is 7. The van der Waals surface area contributed by atoms with Crippen LogP contribution in [-0.4, -0.2) is 53.1 Å². The van der Waals surface area contributed by atoms with Crippen molar-refractivity contribution in [3.05, 3.63) is 42.0 Å². The Bertz CT molecular complexity index is 1240. The second kappa shape index (κ2) is 9.13. The van der Waals surface area contributed by atoms with E-state index in [1.165, 1.54) is 10.4 Å². The molecular formula is C22H27N5O3S2. The van der Waals surface area contributed by atoms with Crippen LogP contribution in [0.5, 0.6) is 0 Å². The highest BCUT2D eigenvalue weighted by Crippen LogP contribution is 2.31. The highest BCUT2D eigenvalue weighted by atomic mass is 32.2. The Kier molecular flexibility index (Phi) is 6.45. The molecule has 32 heavy (non-hydrogen) atoms. The number of carbonyl (C=O) groups excluding carboxylic acids is 1. The third-order valence-electron chi connectivity index (χ3n) is 5.94. The molecule has 0 radical (unpaired) electrons. The van der Waals surface area contributed by atoms with Crippen molar-refractivity contribution < 1.29 is 13.2 Å². The minimum Gasteiger partial charge on any atom is -0.372 e. The fraction of sp³-hybridized carbons (Fsp3) is 0.409. The zero-order valence-electron chi connectivity index (χ0n) is 18.4. The first-order chi connectivity index (χ1) is 15.4. The summed E-state index contributed by atoms with van der Waals surface area (Å²) in [7, 11) is -3.89. The summed E-state index contributed by atoms with van der Waals surface area (Å²) in [5.74, 6) is -0.312. The predicted octanol–water partition coefficient (Wildman–Crippen LogP) is 3.64. The van der Waals surface area contributed by atoms with Crippen LogP contribution in [0.25, 0.3) is 11.0 Å². The van der Waals surface area contributed by atoms with Crippen molar-refractivity contribution in [2.75, 3.05) is 29.9 Å². The van der Waals surface area contributed by atoms with Gasteiger partial charge in [-0.25, -0.2) is 8.42 Å². The molecule has 3 aromatic rings. The van der Waals surface area contributed by atoms with E-state index >= 15 is 0 Å². The lowest BCUT2D eigenvalue weighted by molar-refractivity contribution is -0.119. The molecule has 1 N–H and O–H groups in total. The molecule has 1 aromatic heterocycles. The Hall–Kier alpha value is -2.56. The molecule has 1 aliphatic rings. The zero-order valence-corrected chi connectivity index (χ0v) is 20.0. The van der Waals surface area contributed by atoms with E-state index in [4.69, 9.17) is 0 Å². The van der Waals surface area contributed by atoms with Gasteiger partial charge in [0.25, 0.3) is 0 Å². The molecule has 0 bridgehead atoms. The monoisotopic (exact) mass is 473 g/mol. The third kappa shape index (κ3) is 4.10. The van der Waals surface area contributed by atoms with Gasteiger partial charge < -0.3 is 10.2 Å². The molecule has 1 atom stereocenters. The van der Waals surface area contributed by atoms with Crippen LogP contribution in [0.15, 0.2) is 41.3 Å². The fourth-order valence-corrected chi connectivity index (χ4v) is 6.61. The Labute approximate surface area is 192 Å². The standard InChI is InChI=1S/C22H27N5O3S2/c1-4-26(5-2)16-11-12-17(15(3)14-16)23-22(28)19-9-7-13-27(19)32(29,30)20-10-6-8-18-21(20)25-31-24-18/h6,8,10-12,14,19H,4-5,7,9,13H2,1-3H3,(H,23,28)/t19-/m1/s1. The second-order valence-corrected chi connectivity index (χ2v) is 10.2. The van der Waals surface area contributed by atoms with E-state index in [1.54, 1.807) is 12.1 Å². The first kappa shape index (κ1) is 22.6. The maximum absolute atomic E-state index is 13.4. The smallest absolute Gasteiger partial charge is 0.246 e. The Morgan fingerprint density at radius 1 is 1.22 bits per heavy atom. The molecule has 1 amide bonds. The molecule has 0 saturated carbocycles. The zero-order chi connectivity index (χ0) is 22.9. The predicted molar refractivity (Wildman–Crippen MR) is 128 cm³/mol. The van der Waals surface area contributed by atoms with Crippen molar-refractivity contribution in [1.29, 1.82) is 0 Å². The summed E-state index contributed by atoms with van der Waals surface area (Å²) >= 11 is 0.977. The van der Waals surface area contributed by atoms with Gasteiger partial charge in [-0.15, -0.1) is 0 Å². The maximum atomic E-state index is 13.4. The van der Waals surface area contributed by atoms with Crippen molar-refractivity contribution >= 4 is 50.1 Å². The molecule has 8 nitrogen and oxygen atoms in total. The Morgan fingerprint density at radius 3 is 2.72 bits per heavy atom. The molecule has 2 heterocycles. The number of nitrogens with one attached hydrogen (secondary N) is 1. The molecule has 0 spiro atoms. The number of aromatic nitrogens is 2. The van der Waals surface area contributed by atoms with Crippen molar-refractivity contribution in [2.24, 2.45) is 0 Å². The molecule has 170 valence electrons. The van der Waals surface area contributed by atoms with Crippen LogP contribution in [0.2, 0.25) is 0 Å². The summed E-state index contributed by atoms with van der Waals surface area (Å²) in [5, 5.41) is 2.95. The van der Waals surface area contributed by atoms with Gasteiger partial charge in [0.1, 0.15) is 22.0 Å². The molecule has 0 aliphatic carbocycles. The van der Waals surface area contributed by atoms with Gasteiger partial charge in [0.05, 0.1) is 11.7 Å². The highest BCUT2D eigenvalue weighted by Gasteiger charge is 2.40. The van der Waals surface area contributed by atoms with Gasteiger partial charge in [-0.1, -0.05) is 6.07 Å². The van der Waals surface area contributed by atoms with Crippen molar-refractivity contribution in [1.82, 2.24) is 13.1 Å². The SMILES string of the molecule is CCN(CC)c1ccc(NC(=O)[C@H]2CCCN2S(=O)(=O)c2cccc3nsnc23)c(C)c1. The first-order valence-corrected chi connectivity index (χ1v) is 12.9. The summed E-state index contributed by atoms with van der Waals surface area (Å²) in [4.78, 5) is 15.5. The van der Waals surface area contributed by atoms with Crippen LogP contribution >= 0.6 is 11.7 Å². The Balaban J connectivity index is 1.57. The fourth-order valence-electron chi connectivity index (χ4n) is 4.20. The topological polar surface area (TPSA) is 95.5 Å². The van der Waals surface area contributed by atoms with E-state index < -0.39 is 16.1 Å². The minimum absolute atomic E-state index is 0.100. The van der Waals surface area contributed by atoms with E-state index in [-0.39, 0.29) is 10.8 Å². The number of carbonyl (C=O) groups is 1. The van der Waals surface area contributed by atoms with E-state index in [1.807, 2.05) is 25.1 Å². The molecule has 1 saturated heterocycles. The Morgan fingerprint density at radius 2 is 2.00 bits per heavy atom. The number of hydrogen-bond donors (Lipinski definition) is 1. The average molecular weight is 474 g/mol. The lowest BCUT2D eigenvalue weighted by Gasteiger charge is -2.25. The van der Waals surface area contributed by atoms with E-state index in [2.05, 4.69) is 32.8 Å². The van der Waals surface area contributed by atoms with Crippen LogP contribution in [-0.2, 0) is 14.8 Å². The van der Waals surface area contributed by atoms with Crippen molar-refractivity contribution in [3.8, 4) is 0 Å². The van der Waals surface area contributed by atoms with Crippen molar-refractivity contribution in [2.45, 2.75) is 44.6 Å². The van der Waals surface area contributed by atoms with Crippen LogP contribution in [0, 0.1) is 6.92 Å². The maximum Gasteiger partial charge on any atom is 0.246 e. The minimum atomic E-state index is -3.89. The number of amides is 1. The first-order valence-electron chi connectivity index (χ1n) is 10.8. The summed E-state index contributed by atoms with van der Waals surface area (Å²) in [6.45, 7) is 8.25. The summed E-state index contributed by atoms with van der Waals surface area (Å²) in [6, 6.07) is 10.1. The number of aryl methyl sites for hydroxylation is 1. The highest BCUT2D eigenvalue weighted by molar-refractivity contribution is 7.89. The van der Waals surface area contributed by atoms with Gasteiger partial charge in [-0.2, -0.15) is 13.1 Å². The average Bonchev–Trinajstić information content (AvgIpc) is 3.46. The summed E-state index contributed by atoms with van der Waals surface area (Å²) < 4.78 is 36.5. The number of benzene rings is 2. The third-order valence-corrected chi connectivity index (χ3v) is 8.42. The normalized spacial score (nSPS) is 17.0. The van der Waals surface area contributed by atoms with Crippen LogP contribution in [0.3, 0.4) is 0 Å². The number of nitrogens with zero attached hydrogens (tertiary/aromatic N) is 4. The van der Waals surface area contributed by atoms with Gasteiger partial charge in [-0.05, 0) is 69.5 Å². The quantitative estimate of drug-likeness (QED) is 0.563. The van der Waals surface area contributed by atoms with E-state index in [0.29, 0.717) is 36.1 Å². The van der Waals surface area contributed by atoms with E-state index in [9.17, 15) is 13.2 Å². The van der Waals surface area contributed by atoms with Gasteiger partial charge in [0, 0.05) is 31.0 Å².